The Morgan fingerprint density at radius 3 is 2.70 bits per heavy atom. The highest BCUT2D eigenvalue weighted by atomic mass is 79.9. The van der Waals surface area contributed by atoms with Gasteiger partial charge in [-0.3, -0.25) is 4.79 Å². The molecule has 0 bridgehead atoms. The van der Waals surface area contributed by atoms with Crippen molar-refractivity contribution in [2.75, 3.05) is 13.4 Å². The minimum atomic E-state index is -0.339. The van der Waals surface area contributed by atoms with Gasteiger partial charge in [-0.25, -0.2) is 5.43 Å². The largest absolute Gasteiger partial charge is 0.484 e. The maximum absolute atomic E-state index is 11.9. The zero-order valence-electron chi connectivity index (χ0n) is 15.2. The highest BCUT2D eigenvalue weighted by molar-refractivity contribution is 9.10. The third-order valence-corrected chi connectivity index (χ3v) is 5.00. The number of ether oxygens (including phenoxy) is 3. The number of halogens is 1. The van der Waals surface area contributed by atoms with Gasteiger partial charge in [0.05, 0.1) is 6.21 Å². The molecule has 0 radical (unpaired) electrons. The summed E-state index contributed by atoms with van der Waals surface area (Å²) in [6.45, 7) is 4.43. The van der Waals surface area contributed by atoms with Crippen molar-refractivity contribution in [3.63, 3.8) is 0 Å². The summed E-state index contributed by atoms with van der Waals surface area (Å²) in [4.78, 5) is 11.9. The SMILES string of the molecule is CCC(C)c1ccc(OCC(=O)N/N=C/c2cc3c(cc2Br)OCO3)cc1. The van der Waals surface area contributed by atoms with E-state index in [4.69, 9.17) is 14.2 Å². The molecule has 1 heterocycles. The molecule has 0 aromatic heterocycles. The van der Waals surface area contributed by atoms with Crippen molar-refractivity contribution in [1.29, 1.82) is 0 Å². The number of hydrazone groups is 1. The second-order valence-electron chi connectivity index (χ2n) is 6.19. The minimum absolute atomic E-state index is 0.109. The van der Waals surface area contributed by atoms with E-state index in [0.717, 1.165) is 16.5 Å². The summed E-state index contributed by atoms with van der Waals surface area (Å²) in [5, 5.41) is 3.96. The number of hydrogen-bond acceptors (Lipinski definition) is 5. The zero-order valence-corrected chi connectivity index (χ0v) is 16.8. The third-order valence-electron chi connectivity index (χ3n) is 4.32. The van der Waals surface area contributed by atoms with Crippen LogP contribution in [0.5, 0.6) is 17.2 Å². The molecule has 1 aliphatic rings. The lowest BCUT2D eigenvalue weighted by molar-refractivity contribution is -0.123. The van der Waals surface area contributed by atoms with Gasteiger partial charge in [0.25, 0.3) is 5.91 Å². The van der Waals surface area contributed by atoms with Crippen LogP contribution < -0.4 is 19.6 Å². The lowest BCUT2D eigenvalue weighted by Crippen LogP contribution is -2.24. The first kappa shape index (κ1) is 19.2. The monoisotopic (exact) mass is 432 g/mol. The van der Waals surface area contributed by atoms with Crippen molar-refractivity contribution in [3.05, 3.63) is 52.0 Å². The van der Waals surface area contributed by atoms with E-state index in [1.165, 1.54) is 11.8 Å². The lowest BCUT2D eigenvalue weighted by atomic mass is 9.99. The lowest BCUT2D eigenvalue weighted by Gasteiger charge is -2.10. The first-order valence-electron chi connectivity index (χ1n) is 8.70. The molecular formula is C20H21BrN2O4. The van der Waals surface area contributed by atoms with Gasteiger partial charge >= 0.3 is 0 Å². The maximum atomic E-state index is 11.9. The maximum Gasteiger partial charge on any atom is 0.277 e. The molecule has 142 valence electrons. The number of hydrogen-bond donors (Lipinski definition) is 1. The number of amides is 1. The Morgan fingerprint density at radius 1 is 1.30 bits per heavy atom. The molecule has 0 saturated carbocycles. The van der Waals surface area contributed by atoms with Gasteiger partial charge in [-0.05, 0) is 58.1 Å². The molecule has 3 rings (SSSR count). The fourth-order valence-electron chi connectivity index (χ4n) is 2.52. The van der Waals surface area contributed by atoms with E-state index in [9.17, 15) is 4.79 Å². The summed E-state index contributed by atoms with van der Waals surface area (Å²) < 4.78 is 16.9. The number of carbonyl (C=O) groups excluding carboxylic acids is 1. The molecule has 2 aromatic carbocycles. The number of benzene rings is 2. The van der Waals surface area contributed by atoms with Crippen molar-refractivity contribution in [1.82, 2.24) is 5.43 Å². The van der Waals surface area contributed by atoms with E-state index < -0.39 is 0 Å². The van der Waals surface area contributed by atoms with Crippen LogP contribution in [-0.2, 0) is 4.79 Å². The summed E-state index contributed by atoms with van der Waals surface area (Å²) in [6, 6.07) is 11.4. The van der Waals surface area contributed by atoms with Gasteiger partial charge in [0.2, 0.25) is 6.79 Å². The molecule has 27 heavy (non-hydrogen) atoms. The first-order chi connectivity index (χ1) is 13.1. The Kier molecular flexibility index (Phi) is 6.34. The van der Waals surface area contributed by atoms with Gasteiger partial charge in [-0.2, -0.15) is 5.10 Å². The first-order valence-corrected chi connectivity index (χ1v) is 9.50. The Morgan fingerprint density at radius 2 is 2.00 bits per heavy atom. The summed E-state index contributed by atoms with van der Waals surface area (Å²) >= 11 is 3.44. The molecule has 7 heteroatoms. The molecule has 1 amide bonds. The van der Waals surface area contributed by atoms with Crippen LogP contribution in [0, 0.1) is 0 Å². The Balaban J connectivity index is 1.49. The van der Waals surface area contributed by atoms with Crippen LogP contribution in [-0.4, -0.2) is 25.5 Å². The Hall–Kier alpha value is -2.54. The van der Waals surface area contributed by atoms with Gasteiger partial charge in [0.1, 0.15) is 5.75 Å². The fraction of sp³-hybridized carbons (Fsp3) is 0.300. The number of rotatable bonds is 7. The topological polar surface area (TPSA) is 69.2 Å². The average molecular weight is 433 g/mol. The molecule has 0 saturated heterocycles. The van der Waals surface area contributed by atoms with E-state index in [2.05, 4.69) is 40.3 Å². The molecule has 0 spiro atoms. The van der Waals surface area contributed by atoms with Gasteiger partial charge in [0, 0.05) is 10.0 Å². The summed E-state index contributed by atoms with van der Waals surface area (Å²) in [6.07, 6.45) is 2.62. The highest BCUT2D eigenvalue weighted by Gasteiger charge is 2.15. The van der Waals surface area contributed by atoms with Gasteiger partial charge in [-0.15, -0.1) is 0 Å². The predicted octanol–water partition coefficient (Wildman–Crippen LogP) is 4.22. The molecule has 1 unspecified atom stereocenters. The van der Waals surface area contributed by atoms with Crippen molar-refractivity contribution < 1.29 is 19.0 Å². The standard InChI is InChI=1S/C20H21BrN2O4/c1-3-13(2)14-4-6-16(7-5-14)25-11-20(24)23-22-10-15-8-18-19(9-17(15)21)27-12-26-18/h4-10,13H,3,11-12H2,1-2H3,(H,23,24)/b22-10+. The quantitative estimate of drug-likeness (QED) is 0.525. The number of fused-ring (bicyclic) bond motifs is 1. The molecule has 0 aliphatic carbocycles. The number of carbonyl (C=O) groups is 1. The molecule has 1 N–H and O–H groups in total. The van der Waals surface area contributed by atoms with Crippen molar-refractivity contribution in [2.45, 2.75) is 26.2 Å². The van der Waals surface area contributed by atoms with E-state index in [-0.39, 0.29) is 19.3 Å². The van der Waals surface area contributed by atoms with E-state index in [1.54, 1.807) is 12.1 Å². The Labute approximate surface area is 166 Å². The van der Waals surface area contributed by atoms with E-state index >= 15 is 0 Å². The summed E-state index contributed by atoms with van der Waals surface area (Å²) in [7, 11) is 0. The van der Waals surface area contributed by atoms with Gasteiger partial charge in [0.15, 0.2) is 18.1 Å². The van der Waals surface area contributed by atoms with Gasteiger partial charge < -0.3 is 14.2 Å². The van der Waals surface area contributed by atoms with Crippen LogP contribution in [0.25, 0.3) is 0 Å². The summed E-state index contributed by atoms with van der Waals surface area (Å²) in [5.74, 6) is 2.15. The zero-order chi connectivity index (χ0) is 19.2. The van der Waals surface area contributed by atoms with Crippen LogP contribution >= 0.6 is 15.9 Å². The van der Waals surface area contributed by atoms with Crippen molar-refractivity contribution >= 4 is 28.1 Å². The Bertz CT molecular complexity index is 837. The average Bonchev–Trinajstić information content (AvgIpc) is 3.13. The van der Waals surface area contributed by atoms with Crippen molar-refractivity contribution in [2.24, 2.45) is 5.10 Å². The van der Waals surface area contributed by atoms with Crippen molar-refractivity contribution in [3.8, 4) is 17.2 Å². The molecule has 1 atom stereocenters. The third kappa shape index (κ3) is 5.01. The normalized spacial score (nSPS) is 13.6. The van der Waals surface area contributed by atoms with Crippen LogP contribution in [0.1, 0.15) is 37.3 Å². The van der Waals surface area contributed by atoms with Crippen LogP contribution in [0.15, 0.2) is 46.0 Å². The van der Waals surface area contributed by atoms with Gasteiger partial charge in [-0.1, -0.05) is 26.0 Å². The van der Waals surface area contributed by atoms with Crippen LogP contribution in [0.4, 0.5) is 0 Å². The summed E-state index contributed by atoms with van der Waals surface area (Å²) in [5.41, 5.74) is 4.47. The smallest absolute Gasteiger partial charge is 0.277 e. The predicted molar refractivity (Wildman–Crippen MR) is 107 cm³/mol. The number of nitrogens with one attached hydrogen (secondary N) is 1. The molecular weight excluding hydrogens is 412 g/mol. The molecule has 6 nitrogen and oxygen atoms in total. The highest BCUT2D eigenvalue weighted by Crippen LogP contribution is 2.36. The fourth-order valence-corrected chi connectivity index (χ4v) is 2.94. The van der Waals surface area contributed by atoms with E-state index in [1.807, 2.05) is 24.3 Å². The second-order valence-corrected chi connectivity index (χ2v) is 7.04. The number of nitrogens with zero attached hydrogens (tertiary/aromatic N) is 1. The molecule has 1 aliphatic heterocycles. The molecule has 0 fully saturated rings. The van der Waals surface area contributed by atoms with Crippen LogP contribution in [0.3, 0.4) is 0 Å². The van der Waals surface area contributed by atoms with Crippen LogP contribution in [0.2, 0.25) is 0 Å². The minimum Gasteiger partial charge on any atom is -0.484 e. The van der Waals surface area contributed by atoms with E-state index in [0.29, 0.717) is 23.2 Å². The molecule has 2 aromatic rings. The second kappa shape index (κ2) is 8.90.